The third-order valence-corrected chi connectivity index (χ3v) is 4.53. The molecule has 2 fully saturated rings. The van der Waals surface area contributed by atoms with Crippen LogP contribution in [0.5, 0.6) is 0 Å². The van der Waals surface area contributed by atoms with Gasteiger partial charge < -0.3 is 15.1 Å². The third-order valence-electron chi connectivity index (χ3n) is 4.53. The maximum Gasteiger partial charge on any atom is 0.254 e. The third kappa shape index (κ3) is 2.83. The number of rotatable bonds is 3. The smallest absolute Gasteiger partial charge is 0.254 e. The van der Waals surface area contributed by atoms with E-state index in [1.165, 1.54) is 18.0 Å². The summed E-state index contributed by atoms with van der Waals surface area (Å²) < 4.78 is 26.1. The molecule has 0 aliphatic carbocycles. The van der Waals surface area contributed by atoms with Gasteiger partial charge in [-0.15, -0.1) is 0 Å². The van der Waals surface area contributed by atoms with E-state index in [1.807, 2.05) is 0 Å². The molecule has 1 aromatic rings. The van der Waals surface area contributed by atoms with E-state index in [0.717, 1.165) is 12.1 Å². The molecule has 2 heterocycles. The SMILES string of the molecule is CNC(=O)C1CC(=O)N(C2CN(C(=O)c3ccc(F)c(F)c3)C2)C1. The lowest BCUT2D eigenvalue weighted by Gasteiger charge is -2.44. The lowest BCUT2D eigenvalue weighted by atomic mass is 10.0. The molecule has 3 rings (SSSR count). The molecule has 2 saturated heterocycles. The molecule has 128 valence electrons. The molecule has 1 atom stereocenters. The summed E-state index contributed by atoms with van der Waals surface area (Å²) >= 11 is 0. The number of likely N-dealkylation sites (tertiary alicyclic amines) is 2. The van der Waals surface area contributed by atoms with Crippen molar-refractivity contribution in [3.63, 3.8) is 0 Å². The van der Waals surface area contributed by atoms with E-state index in [4.69, 9.17) is 0 Å². The first-order valence-corrected chi connectivity index (χ1v) is 7.66. The first-order valence-electron chi connectivity index (χ1n) is 7.66. The summed E-state index contributed by atoms with van der Waals surface area (Å²) in [4.78, 5) is 39.0. The number of benzene rings is 1. The standard InChI is InChI=1S/C16H17F2N3O3/c1-19-15(23)10-5-14(22)21(6-10)11-7-20(8-11)16(24)9-2-3-12(17)13(18)4-9/h2-4,10-11H,5-8H2,1H3,(H,19,23). The van der Waals surface area contributed by atoms with E-state index in [0.29, 0.717) is 19.6 Å². The van der Waals surface area contributed by atoms with Gasteiger partial charge in [-0.1, -0.05) is 0 Å². The average Bonchev–Trinajstić information content (AvgIpc) is 2.89. The Kier molecular flexibility index (Phi) is 4.21. The maximum absolute atomic E-state index is 13.2. The normalized spacial score (nSPS) is 21.0. The van der Waals surface area contributed by atoms with E-state index in [2.05, 4.69) is 5.32 Å². The summed E-state index contributed by atoms with van der Waals surface area (Å²) in [6.07, 6.45) is 0.174. The van der Waals surface area contributed by atoms with Gasteiger partial charge in [0.05, 0.1) is 12.0 Å². The van der Waals surface area contributed by atoms with Crippen molar-refractivity contribution in [1.29, 1.82) is 0 Å². The molecule has 0 aromatic heterocycles. The number of carbonyl (C=O) groups is 3. The highest BCUT2D eigenvalue weighted by atomic mass is 19.2. The quantitative estimate of drug-likeness (QED) is 0.867. The van der Waals surface area contributed by atoms with Gasteiger partial charge in [0.2, 0.25) is 11.8 Å². The minimum Gasteiger partial charge on any atom is -0.359 e. The van der Waals surface area contributed by atoms with Gasteiger partial charge in [-0.05, 0) is 18.2 Å². The summed E-state index contributed by atoms with van der Waals surface area (Å²) in [5.41, 5.74) is 0.0725. The topological polar surface area (TPSA) is 69.7 Å². The molecule has 1 aromatic carbocycles. The number of nitrogens with zero attached hydrogens (tertiary/aromatic N) is 2. The zero-order chi connectivity index (χ0) is 17.4. The van der Waals surface area contributed by atoms with Crippen molar-refractivity contribution < 1.29 is 23.2 Å². The van der Waals surface area contributed by atoms with Gasteiger partial charge in [0.15, 0.2) is 11.6 Å². The van der Waals surface area contributed by atoms with Crippen molar-refractivity contribution >= 4 is 17.7 Å². The second-order valence-corrected chi connectivity index (χ2v) is 6.05. The highest BCUT2D eigenvalue weighted by molar-refractivity contribution is 5.95. The summed E-state index contributed by atoms with van der Waals surface area (Å²) in [5.74, 6) is -3.11. The molecule has 24 heavy (non-hydrogen) atoms. The zero-order valence-electron chi connectivity index (χ0n) is 13.1. The number of hydrogen-bond acceptors (Lipinski definition) is 3. The van der Waals surface area contributed by atoms with Crippen molar-refractivity contribution in [2.75, 3.05) is 26.7 Å². The lowest BCUT2D eigenvalue weighted by Crippen LogP contribution is -2.61. The van der Waals surface area contributed by atoms with Crippen molar-refractivity contribution in [3.05, 3.63) is 35.4 Å². The second-order valence-electron chi connectivity index (χ2n) is 6.05. The minimum absolute atomic E-state index is 0.0725. The molecular weight excluding hydrogens is 320 g/mol. The van der Waals surface area contributed by atoms with Gasteiger partial charge in [-0.3, -0.25) is 14.4 Å². The fourth-order valence-corrected chi connectivity index (χ4v) is 3.09. The Balaban J connectivity index is 1.59. The van der Waals surface area contributed by atoms with Crippen molar-refractivity contribution in [2.24, 2.45) is 5.92 Å². The van der Waals surface area contributed by atoms with Crippen LogP contribution in [-0.4, -0.2) is 60.2 Å². The van der Waals surface area contributed by atoms with Crippen LogP contribution in [0.1, 0.15) is 16.8 Å². The fourth-order valence-electron chi connectivity index (χ4n) is 3.09. The van der Waals surface area contributed by atoms with Gasteiger partial charge >= 0.3 is 0 Å². The molecule has 2 aliphatic rings. The van der Waals surface area contributed by atoms with Crippen LogP contribution in [0.2, 0.25) is 0 Å². The Morgan fingerprint density at radius 3 is 2.50 bits per heavy atom. The van der Waals surface area contributed by atoms with Gasteiger partial charge in [-0.25, -0.2) is 8.78 Å². The Bertz CT molecular complexity index is 704. The van der Waals surface area contributed by atoms with Gasteiger partial charge in [0.1, 0.15) is 0 Å². The molecule has 8 heteroatoms. The number of carbonyl (C=O) groups excluding carboxylic acids is 3. The molecule has 6 nitrogen and oxygen atoms in total. The van der Waals surface area contributed by atoms with Crippen LogP contribution in [-0.2, 0) is 9.59 Å². The number of hydrogen-bond donors (Lipinski definition) is 1. The molecule has 0 radical (unpaired) electrons. The fraction of sp³-hybridized carbons (Fsp3) is 0.438. The Morgan fingerprint density at radius 1 is 1.17 bits per heavy atom. The van der Waals surface area contributed by atoms with Crippen LogP contribution in [0.3, 0.4) is 0 Å². The zero-order valence-corrected chi connectivity index (χ0v) is 13.1. The molecule has 3 amide bonds. The van der Waals surface area contributed by atoms with Crippen molar-refractivity contribution in [3.8, 4) is 0 Å². The van der Waals surface area contributed by atoms with E-state index >= 15 is 0 Å². The van der Waals surface area contributed by atoms with Crippen LogP contribution >= 0.6 is 0 Å². The number of amides is 3. The number of nitrogens with one attached hydrogen (secondary N) is 1. The highest BCUT2D eigenvalue weighted by Crippen LogP contribution is 2.26. The van der Waals surface area contributed by atoms with E-state index in [1.54, 1.807) is 4.90 Å². The van der Waals surface area contributed by atoms with Crippen LogP contribution in [0, 0.1) is 17.6 Å². The van der Waals surface area contributed by atoms with Crippen LogP contribution in [0.25, 0.3) is 0 Å². The monoisotopic (exact) mass is 337 g/mol. The highest BCUT2D eigenvalue weighted by Gasteiger charge is 2.43. The Morgan fingerprint density at radius 2 is 1.88 bits per heavy atom. The molecule has 0 saturated carbocycles. The van der Waals surface area contributed by atoms with Gasteiger partial charge in [0.25, 0.3) is 5.91 Å². The molecule has 1 N–H and O–H groups in total. The van der Waals surface area contributed by atoms with Crippen molar-refractivity contribution in [1.82, 2.24) is 15.1 Å². The first kappa shape index (κ1) is 16.4. The van der Waals surface area contributed by atoms with E-state index in [9.17, 15) is 23.2 Å². The predicted molar refractivity (Wildman–Crippen MR) is 79.9 cm³/mol. The summed E-state index contributed by atoms with van der Waals surface area (Å²) in [7, 11) is 1.53. The molecule has 1 unspecified atom stereocenters. The average molecular weight is 337 g/mol. The Labute approximate surface area is 137 Å². The molecule has 0 spiro atoms. The minimum atomic E-state index is -1.07. The predicted octanol–water partition coefficient (Wildman–Crippen LogP) is 0.384. The largest absolute Gasteiger partial charge is 0.359 e. The van der Waals surface area contributed by atoms with Crippen molar-refractivity contribution in [2.45, 2.75) is 12.5 Å². The van der Waals surface area contributed by atoms with E-state index < -0.39 is 17.5 Å². The lowest BCUT2D eigenvalue weighted by molar-refractivity contribution is -0.132. The van der Waals surface area contributed by atoms with E-state index in [-0.39, 0.29) is 35.8 Å². The maximum atomic E-state index is 13.2. The van der Waals surface area contributed by atoms with Gasteiger partial charge in [-0.2, -0.15) is 0 Å². The molecule has 2 aliphatic heterocycles. The van der Waals surface area contributed by atoms with Gasteiger partial charge in [0, 0.05) is 38.7 Å². The molecule has 0 bridgehead atoms. The van der Waals surface area contributed by atoms with Crippen LogP contribution in [0.15, 0.2) is 18.2 Å². The Hall–Kier alpha value is -2.51. The van der Waals surface area contributed by atoms with Crippen LogP contribution in [0.4, 0.5) is 8.78 Å². The number of halogens is 2. The first-order chi connectivity index (χ1) is 11.4. The molecular formula is C16H17F2N3O3. The second kappa shape index (κ2) is 6.18. The summed E-state index contributed by atoms with van der Waals surface area (Å²) in [6, 6.07) is 2.88. The summed E-state index contributed by atoms with van der Waals surface area (Å²) in [6.45, 7) is 0.991. The summed E-state index contributed by atoms with van der Waals surface area (Å²) in [5, 5.41) is 2.53. The van der Waals surface area contributed by atoms with Crippen LogP contribution < -0.4 is 5.32 Å².